The lowest BCUT2D eigenvalue weighted by molar-refractivity contribution is -0.121. The molecule has 1 aliphatic rings. The van der Waals surface area contributed by atoms with E-state index < -0.39 is 9.84 Å². The molecule has 1 atom stereocenters. The van der Waals surface area contributed by atoms with Crippen LogP contribution in [0.5, 0.6) is 5.75 Å². The molecule has 1 heterocycles. The molecule has 8 nitrogen and oxygen atoms in total. The molecule has 1 unspecified atom stereocenters. The SMILES string of the molecule is CN=C(NCCC(=O)NC1CCS(=O)(=O)C1)N(C)CCOc1ccc(Cl)cc1. The van der Waals surface area contributed by atoms with E-state index in [9.17, 15) is 13.2 Å². The highest BCUT2D eigenvalue weighted by atomic mass is 35.5. The van der Waals surface area contributed by atoms with E-state index in [1.165, 1.54) is 0 Å². The number of amides is 1. The first-order chi connectivity index (χ1) is 13.3. The highest BCUT2D eigenvalue weighted by molar-refractivity contribution is 7.91. The number of carbonyl (C=O) groups is 1. The Morgan fingerprint density at radius 1 is 1.36 bits per heavy atom. The van der Waals surface area contributed by atoms with Crippen LogP contribution >= 0.6 is 11.6 Å². The maximum atomic E-state index is 12.0. The Hall–Kier alpha value is -2.00. The number of benzene rings is 1. The fourth-order valence-electron chi connectivity index (χ4n) is 2.82. The quantitative estimate of drug-likeness (QED) is 0.470. The zero-order valence-corrected chi connectivity index (χ0v) is 17.7. The fourth-order valence-corrected chi connectivity index (χ4v) is 4.62. The Balaban J connectivity index is 1.65. The van der Waals surface area contributed by atoms with Gasteiger partial charge in [-0.15, -0.1) is 0 Å². The largest absolute Gasteiger partial charge is 0.492 e. The molecule has 2 N–H and O–H groups in total. The van der Waals surface area contributed by atoms with Crippen LogP contribution < -0.4 is 15.4 Å². The van der Waals surface area contributed by atoms with Gasteiger partial charge < -0.3 is 20.3 Å². The number of ether oxygens (including phenoxy) is 1. The highest BCUT2D eigenvalue weighted by Gasteiger charge is 2.28. The van der Waals surface area contributed by atoms with Crippen LogP contribution in [-0.4, -0.2) is 76.5 Å². The lowest BCUT2D eigenvalue weighted by Crippen LogP contribution is -2.43. The van der Waals surface area contributed by atoms with Crippen LogP contribution in [-0.2, 0) is 14.6 Å². The maximum absolute atomic E-state index is 12.0. The second-order valence-electron chi connectivity index (χ2n) is 6.62. The third-order valence-electron chi connectivity index (χ3n) is 4.32. The number of nitrogens with zero attached hydrogens (tertiary/aromatic N) is 2. The number of halogens is 1. The van der Waals surface area contributed by atoms with Crippen molar-refractivity contribution >= 4 is 33.3 Å². The summed E-state index contributed by atoms with van der Waals surface area (Å²) >= 11 is 5.84. The molecule has 0 aliphatic carbocycles. The van der Waals surface area contributed by atoms with E-state index >= 15 is 0 Å². The number of rotatable bonds is 8. The molecule has 156 valence electrons. The Bertz CT molecular complexity index is 783. The lowest BCUT2D eigenvalue weighted by atomic mass is 10.2. The number of likely N-dealkylation sites (N-methyl/N-ethyl adjacent to an activating group) is 1. The molecule has 0 spiro atoms. The Morgan fingerprint density at radius 3 is 2.68 bits per heavy atom. The van der Waals surface area contributed by atoms with Crippen molar-refractivity contribution in [1.82, 2.24) is 15.5 Å². The van der Waals surface area contributed by atoms with Gasteiger partial charge in [0.2, 0.25) is 5.91 Å². The molecular formula is C18H27ClN4O4S. The minimum absolute atomic E-state index is 0.0319. The molecule has 1 aromatic rings. The van der Waals surface area contributed by atoms with Crippen LogP contribution in [0.15, 0.2) is 29.3 Å². The van der Waals surface area contributed by atoms with E-state index in [2.05, 4.69) is 15.6 Å². The molecule has 2 rings (SSSR count). The summed E-state index contributed by atoms with van der Waals surface area (Å²) < 4.78 is 28.5. The van der Waals surface area contributed by atoms with Crippen molar-refractivity contribution in [1.29, 1.82) is 0 Å². The number of hydrogen-bond acceptors (Lipinski definition) is 5. The third-order valence-corrected chi connectivity index (χ3v) is 6.34. The van der Waals surface area contributed by atoms with E-state index in [4.69, 9.17) is 16.3 Å². The van der Waals surface area contributed by atoms with Crippen LogP contribution in [0.3, 0.4) is 0 Å². The molecule has 10 heteroatoms. The van der Waals surface area contributed by atoms with Gasteiger partial charge in [-0.1, -0.05) is 11.6 Å². The van der Waals surface area contributed by atoms with Crippen molar-refractivity contribution in [3.8, 4) is 5.75 Å². The van der Waals surface area contributed by atoms with Crippen molar-refractivity contribution in [2.45, 2.75) is 18.9 Å². The van der Waals surface area contributed by atoms with Crippen LogP contribution in [0.2, 0.25) is 5.02 Å². The van der Waals surface area contributed by atoms with Crippen molar-refractivity contribution in [2.75, 3.05) is 45.3 Å². The summed E-state index contributed by atoms with van der Waals surface area (Å²) in [6.45, 7) is 1.48. The number of nitrogens with one attached hydrogen (secondary N) is 2. The summed E-state index contributed by atoms with van der Waals surface area (Å²) in [5.74, 6) is 1.40. The van der Waals surface area contributed by atoms with Gasteiger partial charge in [0.05, 0.1) is 18.1 Å². The predicted octanol–water partition coefficient (Wildman–Crippen LogP) is 0.919. The lowest BCUT2D eigenvalue weighted by Gasteiger charge is -2.22. The molecule has 1 aliphatic heterocycles. The minimum atomic E-state index is -3.00. The highest BCUT2D eigenvalue weighted by Crippen LogP contribution is 2.15. The summed E-state index contributed by atoms with van der Waals surface area (Å²) in [6.07, 6.45) is 0.726. The average Bonchev–Trinajstić information content (AvgIpc) is 2.98. The van der Waals surface area contributed by atoms with Crippen LogP contribution in [0.1, 0.15) is 12.8 Å². The Labute approximate surface area is 171 Å². The second kappa shape index (κ2) is 10.5. The summed E-state index contributed by atoms with van der Waals surface area (Å²) in [6, 6.07) is 6.89. The van der Waals surface area contributed by atoms with E-state index in [1.54, 1.807) is 19.2 Å². The molecule has 1 amide bonds. The molecule has 28 heavy (non-hydrogen) atoms. The summed E-state index contributed by atoms with van der Waals surface area (Å²) in [4.78, 5) is 18.1. The zero-order valence-electron chi connectivity index (χ0n) is 16.2. The van der Waals surface area contributed by atoms with Gasteiger partial charge in [0, 0.05) is 38.1 Å². The number of aliphatic imine (C=N–C) groups is 1. The van der Waals surface area contributed by atoms with Crippen LogP contribution in [0.4, 0.5) is 0 Å². The van der Waals surface area contributed by atoms with Gasteiger partial charge in [-0.2, -0.15) is 0 Å². The Morgan fingerprint density at radius 2 is 2.07 bits per heavy atom. The van der Waals surface area contributed by atoms with Gasteiger partial charge in [-0.25, -0.2) is 8.42 Å². The fraction of sp³-hybridized carbons (Fsp3) is 0.556. The molecule has 0 radical (unpaired) electrons. The second-order valence-corrected chi connectivity index (χ2v) is 9.28. The first-order valence-corrected chi connectivity index (χ1v) is 11.3. The molecule has 1 aromatic carbocycles. The standard InChI is InChI=1S/C18H27ClN4O4S/c1-20-18(23(2)10-11-27-16-5-3-14(19)4-6-16)21-9-7-17(24)22-15-8-12-28(25,26)13-15/h3-6,15H,7-13H2,1-2H3,(H,20,21)(H,22,24). The number of hydrogen-bond donors (Lipinski definition) is 2. The molecule has 1 fully saturated rings. The monoisotopic (exact) mass is 430 g/mol. The van der Waals surface area contributed by atoms with Crippen LogP contribution in [0, 0.1) is 0 Å². The maximum Gasteiger partial charge on any atom is 0.222 e. The molecule has 1 saturated heterocycles. The average molecular weight is 431 g/mol. The van der Waals surface area contributed by atoms with Gasteiger partial charge in [-0.3, -0.25) is 9.79 Å². The van der Waals surface area contributed by atoms with Gasteiger partial charge in [0.15, 0.2) is 15.8 Å². The minimum Gasteiger partial charge on any atom is -0.492 e. The van der Waals surface area contributed by atoms with Gasteiger partial charge >= 0.3 is 0 Å². The molecule has 0 bridgehead atoms. The van der Waals surface area contributed by atoms with Gasteiger partial charge in [0.25, 0.3) is 0 Å². The van der Waals surface area contributed by atoms with E-state index in [1.807, 2.05) is 24.1 Å². The van der Waals surface area contributed by atoms with E-state index in [-0.39, 0.29) is 29.9 Å². The zero-order chi connectivity index (χ0) is 20.6. The first kappa shape index (κ1) is 22.3. The number of sulfone groups is 1. The topological polar surface area (TPSA) is 100 Å². The number of guanidine groups is 1. The summed E-state index contributed by atoms with van der Waals surface area (Å²) in [5, 5.41) is 6.55. The van der Waals surface area contributed by atoms with Crippen molar-refractivity contribution in [3.63, 3.8) is 0 Å². The van der Waals surface area contributed by atoms with Gasteiger partial charge in [0.1, 0.15) is 12.4 Å². The van der Waals surface area contributed by atoms with Crippen molar-refractivity contribution in [2.24, 2.45) is 4.99 Å². The summed E-state index contributed by atoms with van der Waals surface area (Å²) in [7, 11) is 0.552. The van der Waals surface area contributed by atoms with Gasteiger partial charge in [-0.05, 0) is 30.7 Å². The smallest absolute Gasteiger partial charge is 0.222 e. The molecule has 0 saturated carbocycles. The normalized spacial score (nSPS) is 18.5. The predicted molar refractivity (Wildman–Crippen MR) is 111 cm³/mol. The summed E-state index contributed by atoms with van der Waals surface area (Å²) in [5.41, 5.74) is 0. The molecule has 0 aromatic heterocycles. The third kappa shape index (κ3) is 7.55. The first-order valence-electron chi connectivity index (χ1n) is 9.09. The molecular weight excluding hydrogens is 404 g/mol. The van der Waals surface area contributed by atoms with Crippen molar-refractivity contribution in [3.05, 3.63) is 29.3 Å². The number of carbonyl (C=O) groups excluding carboxylic acids is 1. The van der Waals surface area contributed by atoms with Crippen LogP contribution in [0.25, 0.3) is 0 Å². The Kier molecular flexibility index (Phi) is 8.37. The van der Waals surface area contributed by atoms with Crippen molar-refractivity contribution < 1.29 is 17.9 Å². The van der Waals surface area contributed by atoms with E-state index in [0.717, 1.165) is 5.75 Å². The van der Waals surface area contributed by atoms with E-state index in [0.29, 0.717) is 37.1 Å².